The van der Waals surface area contributed by atoms with Gasteiger partial charge in [0.1, 0.15) is 5.75 Å². The number of carbonyl (C=O) groups excluding carboxylic acids is 2. The smallest absolute Gasteiger partial charge is 0.253 e. The highest BCUT2D eigenvalue weighted by atomic mass is 16.5. The summed E-state index contributed by atoms with van der Waals surface area (Å²) in [7, 11) is 1.61. The summed E-state index contributed by atoms with van der Waals surface area (Å²) in [5, 5.41) is 0. The molecule has 27 heavy (non-hydrogen) atoms. The molecule has 1 aliphatic heterocycles. The molecular weight excluding hydrogens is 340 g/mol. The minimum absolute atomic E-state index is 0.0259. The van der Waals surface area contributed by atoms with E-state index < -0.39 is 0 Å². The summed E-state index contributed by atoms with van der Waals surface area (Å²) in [6.45, 7) is 7.08. The second-order valence-electron chi connectivity index (χ2n) is 7.04. The maximum atomic E-state index is 12.6. The zero-order valence-corrected chi connectivity index (χ0v) is 16.2. The number of hydrogen-bond donors (Lipinski definition) is 0. The van der Waals surface area contributed by atoms with E-state index in [9.17, 15) is 9.59 Å². The van der Waals surface area contributed by atoms with Gasteiger partial charge in [-0.25, -0.2) is 0 Å². The molecule has 2 aromatic carbocycles. The van der Waals surface area contributed by atoms with Crippen LogP contribution < -0.4 is 4.74 Å². The number of piperazine rings is 1. The average Bonchev–Trinajstić information content (AvgIpc) is 2.68. The number of benzene rings is 2. The third-order valence-electron chi connectivity index (χ3n) is 5.05. The van der Waals surface area contributed by atoms with Crippen LogP contribution in [0.5, 0.6) is 5.75 Å². The van der Waals surface area contributed by atoms with Crippen LogP contribution in [-0.2, 0) is 0 Å². The summed E-state index contributed by atoms with van der Waals surface area (Å²) < 4.78 is 5.13. The first kappa shape index (κ1) is 19.1. The molecule has 1 saturated heterocycles. The molecule has 142 valence electrons. The van der Waals surface area contributed by atoms with Gasteiger partial charge in [-0.05, 0) is 43.7 Å². The number of hydrogen-bond acceptors (Lipinski definition) is 4. The molecular formula is C22H26N2O3. The van der Waals surface area contributed by atoms with E-state index in [1.54, 1.807) is 31.4 Å². The van der Waals surface area contributed by atoms with Crippen LogP contribution in [0.1, 0.15) is 31.8 Å². The molecule has 0 saturated carbocycles. The van der Waals surface area contributed by atoms with E-state index in [0.717, 1.165) is 22.4 Å². The molecule has 5 heteroatoms. The van der Waals surface area contributed by atoms with E-state index in [1.807, 2.05) is 36.9 Å². The van der Waals surface area contributed by atoms with E-state index in [1.165, 1.54) is 0 Å². The number of methoxy groups -OCH3 is 1. The summed E-state index contributed by atoms with van der Waals surface area (Å²) in [4.78, 5) is 29.2. The van der Waals surface area contributed by atoms with Crippen molar-refractivity contribution in [2.24, 2.45) is 0 Å². The fourth-order valence-corrected chi connectivity index (χ4v) is 3.44. The van der Waals surface area contributed by atoms with Crippen LogP contribution >= 0.6 is 0 Å². The lowest BCUT2D eigenvalue weighted by molar-refractivity contribution is 0.0624. The number of ketones is 1. The van der Waals surface area contributed by atoms with Crippen molar-refractivity contribution in [3.05, 3.63) is 64.7 Å². The van der Waals surface area contributed by atoms with Gasteiger partial charge in [-0.1, -0.05) is 23.8 Å². The number of nitrogens with zero attached hydrogens (tertiary/aromatic N) is 2. The van der Waals surface area contributed by atoms with Crippen molar-refractivity contribution >= 4 is 11.7 Å². The molecule has 0 aliphatic carbocycles. The highest BCUT2D eigenvalue weighted by Gasteiger charge is 2.24. The molecule has 0 N–H and O–H groups in total. The van der Waals surface area contributed by atoms with Crippen LogP contribution in [0.15, 0.2) is 42.5 Å². The Morgan fingerprint density at radius 2 is 1.63 bits per heavy atom. The molecule has 0 bridgehead atoms. The SMILES string of the molecule is COc1ccc(C(=O)N2CCN(CC(=O)c3ccc(C)cc3C)CC2)cc1. The van der Waals surface area contributed by atoms with Crippen LogP contribution in [-0.4, -0.2) is 61.3 Å². The predicted molar refractivity (Wildman–Crippen MR) is 106 cm³/mol. The zero-order valence-electron chi connectivity index (χ0n) is 16.2. The number of carbonyl (C=O) groups is 2. The van der Waals surface area contributed by atoms with E-state index >= 15 is 0 Å². The van der Waals surface area contributed by atoms with Gasteiger partial charge in [-0.15, -0.1) is 0 Å². The summed E-state index contributed by atoms with van der Waals surface area (Å²) in [5.74, 6) is 0.904. The lowest BCUT2D eigenvalue weighted by Gasteiger charge is -2.34. The Morgan fingerprint density at radius 1 is 0.963 bits per heavy atom. The molecule has 1 amide bonds. The van der Waals surface area contributed by atoms with Crippen molar-refractivity contribution in [3.8, 4) is 5.75 Å². The van der Waals surface area contributed by atoms with Gasteiger partial charge in [0.15, 0.2) is 5.78 Å². The molecule has 0 spiro atoms. The summed E-state index contributed by atoms with van der Waals surface area (Å²) in [6, 6.07) is 13.1. The van der Waals surface area contributed by atoms with Crippen molar-refractivity contribution in [1.29, 1.82) is 0 Å². The number of rotatable bonds is 5. The molecule has 3 rings (SSSR count). The largest absolute Gasteiger partial charge is 0.497 e. The van der Waals surface area contributed by atoms with E-state index in [2.05, 4.69) is 4.90 Å². The van der Waals surface area contributed by atoms with Gasteiger partial charge >= 0.3 is 0 Å². The normalized spacial score (nSPS) is 14.9. The Hall–Kier alpha value is -2.66. The Labute approximate surface area is 160 Å². The van der Waals surface area contributed by atoms with Crippen LogP contribution in [0.4, 0.5) is 0 Å². The Kier molecular flexibility index (Phi) is 5.91. The molecule has 0 aromatic heterocycles. The summed E-state index contributed by atoms with van der Waals surface area (Å²) in [6.07, 6.45) is 0. The standard InChI is InChI=1S/C22H26N2O3/c1-16-4-9-20(17(2)14-16)21(25)15-23-10-12-24(13-11-23)22(26)18-5-7-19(27-3)8-6-18/h4-9,14H,10-13,15H2,1-3H3. The molecule has 1 fully saturated rings. The number of aryl methyl sites for hydroxylation is 2. The average molecular weight is 366 g/mol. The first-order chi connectivity index (χ1) is 13.0. The second kappa shape index (κ2) is 8.35. The third kappa shape index (κ3) is 4.55. The van der Waals surface area contributed by atoms with Crippen molar-refractivity contribution in [2.45, 2.75) is 13.8 Å². The molecule has 2 aromatic rings. The summed E-state index contributed by atoms with van der Waals surface area (Å²) >= 11 is 0. The Morgan fingerprint density at radius 3 is 2.22 bits per heavy atom. The number of ether oxygens (including phenoxy) is 1. The van der Waals surface area contributed by atoms with Gasteiger partial charge in [-0.2, -0.15) is 0 Å². The van der Waals surface area contributed by atoms with Crippen molar-refractivity contribution in [3.63, 3.8) is 0 Å². The van der Waals surface area contributed by atoms with E-state index in [-0.39, 0.29) is 11.7 Å². The lowest BCUT2D eigenvalue weighted by Crippen LogP contribution is -2.49. The molecule has 5 nitrogen and oxygen atoms in total. The molecule has 0 radical (unpaired) electrons. The Balaban J connectivity index is 1.55. The molecule has 0 atom stereocenters. The van der Waals surface area contributed by atoms with Crippen molar-refractivity contribution < 1.29 is 14.3 Å². The topological polar surface area (TPSA) is 49.9 Å². The second-order valence-corrected chi connectivity index (χ2v) is 7.04. The van der Waals surface area contributed by atoms with Crippen LogP contribution in [0.3, 0.4) is 0 Å². The van der Waals surface area contributed by atoms with Crippen molar-refractivity contribution in [1.82, 2.24) is 9.80 Å². The fourth-order valence-electron chi connectivity index (χ4n) is 3.44. The maximum Gasteiger partial charge on any atom is 0.253 e. The third-order valence-corrected chi connectivity index (χ3v) is 5.05. The maximum absolute atomic E-state index is 12.6. The lowest BCUT2D eigenvalue weighted by atomic mass is 10.0. The minimum atomic E-state index is 0.0259. The first-order valence-corrected chi connectivity index (χ1v) is 9.24. The van der Waals surface area contributed by atoms with E-state index in [4.69, 9.17) is 4.74 Å². The number of Topliss-reactive ketones (excluding diaryl/α,β-unsaturated/α-hetero) is 1. The predicted octanol–water partition coefficient (Wildman–Crippen LogP) is 2.95. The van der Waals surface area contributed by atoms with Gasteiger partial charge in [0.05, 0.1) is 13.7 Å². The van der Waals surface area contributed by atoms with Crippen molar-refractivity contribution in [2.75, 3.05) is 39.8 Å². The Bertz CT molecular complexity index is 822. The monoisotopic (exact) mass is 366 g/mol. The number of amides is 1. The fraction of sp³-hybridized carbons (Fsp3) is 0.364. The quantitative estimate of drug-likeness (QED) is 0.764. The molecule has 1 aliphatic rings. The highest BCUT2D eigenvalue weighted by molar-refractivity contribution is 5.99. The first-order valence-electron chi connectivity index (χ1n) is 9.24. The highest BCUT2D eigenvalue weighted by Crippen LogP contribution is 2.15. The molecule has 1 heterocycles. The summed E-state index contributed by atoms with van der Waals surface area (Å²) in [5.41, 5.74) is 3.64. The van der Waals surface area contributed by atoms with Gasteiger partial charge in [0.2, 0.25) is 0 Å². The molecule has 0 unspecified atom stereocenters. The van der Waals surface area contributed by atoms with Crippen LogP contribution in [0.2, 0.25) is 0 Å². The van der Waals surface area contributed by atoms with Gasteiger partial charge in [0.25, 0.3) is 5.91 Å². The zero-order chi connectivity index (χ0) is 19.4. The minimum Gasteiger partial charge on any atom is -0.497 e. The van der Waals surface area contributed by atoms with Gasteiger partial charge in [-0.3, -0.25) is 14.5 Å². The van der Waals surface area contributed by atoms with Gasteiger partial charge < -0.3 is 9.64 Å². The van der Waals surface area contributed by atoms with Crippen LogP contribution in [0.25, 0.3) is 0 Å². The van der Waals surface area contributed by atoms with Crippen LogP contribution in [0, 0.1) is 13.8 Å². The van der Waals surface area contributed by atoms with Gasteiger partial charge in [0, 0.05) is 37.3 Å². The van der Waals surface area contributed by atoms with E-state index in [0.29, 0.717) is 38.3 Å².